The van der Waals surface area contributed by atoms with Gasteiger partial charge in [-0.05, 0) is 32.2 Å². The molecule has 2 aromatic rings. The molecule has 2 rings (SSSR count). The van der Waals surface area contributed by atoms with E-state index in [2.05, 4.69) is 5.32 Å². The lowest BCUT2D eigenvalue weighted by molar-refractivity contribution is 0.255. The number of rotatable bonds is 5. The van der Waals surface area contributed by atoms with E-state index >= 15 is 0 Å². The van der Waals surface area contributed by atoms with Gasteiger partial charge in [-0.2, -0.15) is 0 Å². The number of benzene rings is 1. The zero-order valence-electron chi connectivity index (χ0n) is 10.8. The lowest BCUT2D eigenvalue weighted by Gasteiger charge is -2.05. The highest BCUT2D eigenvalue weighted by Crippen LogP contribution is 2.21. The lowest BCUT2D eigenvalue weighted by Crippen LogP contribution is -2.04. The van der Waals surface area contributed by atoms with E-state index in [1.54, 1.807) is 0 Å². The van der Waals surface area contributed by atoms with Gasteiger partial charge in [0.2, 0.25) is 0 Å². The molecule has 0 aliphatic carbocycles. The molecule has 0 bridgehead atoms. The van der Waals surface area contributed by atoms with E-state index in [1.807, 2.05) is 20.0 Å². The van der Waals surface area contributed by atoms with Crippen LogP contribution in [0.3, 0.4) is 0 Å². The van der Waals surface area contributed by atoms with Gasteiger partial charge in [0.15, 0.2) is 11.6 Å². The molecule has 0 aliphatic heterocycles. The molecule has 0 saturated heterocycles. The van der Waals surface area contributed by atoms with Crippen LogP contribution in [0, 0.1) is 18.6 Å². The molecule has 0 radical (unpaired) electrons. The summed E-state index contributed by atoms with van der Waals surface area (Å²) < 4.78 is 37.0. The van der Waals surface area contributed by atoms with Crippen molar-refractivity contribution in [3.63, 3.8) is 0 Å². The highest BCUT2D eigenvalue weighted by atomic mass is 19.1. The van der Waals surface area contributed by atoms with Crippen molar-refractivity contribution in [2.75, 3.05) is 7.05 Å². The second-order valence-electron chi connectivity index (χ2n) is 4.19. The van der Waals surface area contributed by atoms with Crippen molar-refractivity contribution in [2.45, 2.75) is 20.1 Å². The van der Waals surface area contributed by atoms with Crippen LogP contribution in [0.5, 0.6) is 5.75 Å². The van der Waals surface area contributed by atoms with Crippen molar-refractivity contribution in [1.82, 2.24) is 5.32 Å². The quantitative estimate of drug-likeness (QED) is 0.903. The first-order valence-electron chi connectivity index (χ1n) is 5.91. The summed E-state index contributed by atoms with van der Waals surface area (Å²) in [6.45, 7) is 2.59. The van der Waals surface area contributed by atoms with Gasteiger partial charge in [0, 0.05) is 18.2 Å². The molecule has 0 amide bonds. The standard InChI is InChI=1S/C14H15F2NO2/c1-9-10(7-17-2)5-12(19-9)8-18-14-6-11(15)3-4-13(14)16/h3-6,17H,7-8H2,1-2H3. The Balaban J connectivity index is 2.06. The van der Waals surface area contributed by atoms with Crippen LogP contribution in [0.4, 0.5) is 8.78 Å². The monoisotopic (exact) mass is 267 g/mol. The minimum atomic E-state index is -0.597. The summed E-state index contributed by atoms with van der Waals surface area (Å²) in [5.41, 5.74) is 1.01. The summed E-state index contributed by atoms with van der Waals surface area (Å²) in [5.74, 6) is 0.103. The average molecular weight is 267 g/mol. The Morgan fingerprint density at radius 2 is 2.05 bits per heavy atom. The predicted octanol–water partition coefficient (Wildman–Crippen LogP) is 3.16. The van der Waals surface area contributed by atoms with Gasteiger partial charge in [0.1, 0.15) is 23.9 Å². The Morgan fingerprint density at radius 1 is 1.26 bits per heavy atom. The van der Waals surface area contributed by atoms with E-state index in [4.69, 9.17) is 9.15 Å². The lowest BCUT2D eigenvalue weighted by atomic mass is 10.2. The Hall–Kier alpha value is -1.88. The Kier molecular flexibility index (Phi) is 4.16. The van der Waals surface area contributed by atoms with Crippen LogP contribution in [0.15, 0.2) is 28.7 Å². The molecule has 0 spiro atoms. The van der Waals surface area contributed by atoms with Crippen molar-refractivity contribution < 1.29 is 17.9 Å². The first-order valence-corrected chi connectivity index (χ1v) is 5.91. The zero-order valence-corrected chi connectivity index (χ0v) is 10.8. The van der Waals surface area contributed by atoms with Gasteiger partial charge in [-0.25, -0.2) is 8.78 Å². The van der Waals surface area contributed by atoms with Crippen LogP contribution in [-0.4, -0.2) is 7.05 Å². The minimum Gasteiger partial charge on any atom is -0.482 e. The molecule has 0 saturated carbocycles. The summed E-state index contributed by atoms with van der Waals surface area (Å²) in [5, 5.41) is 3.02. The van der Waals surface area contributed by atoms with Gasteiger partial charge in [0.25, 0.3) is 0 Å². The fourth-order valence-corrected chi connectivity index (χ4v) is 1.76. The SMILES string of the molecule is CNCc1cc(COc2cc(F)ccc2F)oc1C. The topological polar surface area (TPSA) is 34.4 Å². The van der Waals surface area contributed by atoms with Gasteiger partial charge in [0.05, 0.1) is 0 Å². The van der Waals surface area contributed by atoms with Gasteiger partial charge in [-0.1, -0.05) is 0 Å². The summed E-state index contributed by atoms with van der Waals surface area (Å²) >= 11 is 0. The molecule has 1 heterocycles. The molecular formula is C14H15F2NO2. The molecular weight excluding hydrogens is 252 g/mol. The predicted molar refractivity (Wildman–Crippen MR) is 66.9 cm³/mol. The summed E-state index contributed by atoms with van der Waals surface area (Å²) in [6.07, 6.45) is 0. The summed E-state index contributed by atoms with van der Waals surface area (Å²) in [6, 6.07) is 4.93. The molecule has 1 N–H and O–H groups in total. The molecule has 1 aromatic carbocycles. The van der Waals surface area contributed by atoms with Crippen molar-refractivity contribution >= 4 is 0 Å². The molecule has 19 heavy (non-hydrogen) atoms. The number of aryl methyl sites for hydroxylation is 1. The van der Waals surface area contributed by atoms with Gasteiger partial charge >= 0.3 is 0 Å². The van der Waals surface area contributed by atoms with E-state index in [0.29, 0.717) is 12.3 Å². The molecule has 0 aliphatic rings. The normalized spacial score (nSPS) is 10.7. The molecule has 1 aromatic heterocycles. The third-order valence-electron chi connectivity index (χ3n) is 2.70. The van der Waals surface area contributed by atoms with E-state index in [9.17, 15) is 8.78 Å². The molecule has 0 fully saturated rings. The van der Waals surface area contributed by atoms with Gasteiger partial charge in [-0.15, -0.1) is 0 Å². The van der Waals surface area contributed by atoms with Crippen LogP contribution in [0.25, 0.3) is 0 Å². The smallest absolute Gasteiger partial charge is 0.165 e. The minimum absolute atomic E-state index is 0.0604. The first kappa shape index (κ1) is 13.5. The summed E-state index contributed by atoms with van der Waals surface area (Å²) in [4.78, 5) is 0. The maximum absolute atomic E-state index is 13.3. The highest BCUT2D eigenvalue weighted by molar-refractivity contribution is 5.26. The zero-order chi connectivity index (χ0) is 13.8. The largest absolute Gasteiger partial charge is 0.482 e. The molecule has 3 nitrogen and oxygen atoms in total. The molecule has 0 atom stereocenters. The van der Waals surface area contributed by atoms with Crippen molar-refractivity contribution in [3.8, 4) is 5.75 Å². The fraction of sp³-hybridized carbons (Fsp3) is 0.286. The Labute approximate surface area is 110 Å². The van der Waals surface area contributed by atoms with Crippen LogP contribution < -0.4 is 10.1 Å². The third kappa shape index (κ3) is 3.32. The van der Waals surface area contributed by atoms with E-state index in [0.717, 1.165) is 29.5 Å². The third-order valence-corrected chi connectivity index (χ3v) is 2.70. The van der Waals surface area contributed by atoms with Crippen molar-refractivity contribution in [1.29, 1.82) is 0 Å². The van der Waals surface area contributed by atoms with Gasteiger partial charge in [-0.3, -0.25) is 0 Å². The number of furan rings is 1. The Morgan fingerprint density at radius 3 is 2.79 bits per heavy atom. The first-order chi connectivity index (χ1) is 9.10. The number of ether oxygens (including phenoxy) is 1. The maximum Gasteiger partial charge on any atom is 0.165 e. The summed E-state index contributed by atoms with van der Waals surface area (Å²) in [7, 11) is 1.84. The second kappa shape index (κ2) is 5.84. The Bertz CT molecular complexity index is 567. The fourth-order valence-electron chi connectivity index (χ4n) is 1.76. The van der Waals surface area contributed by atoms with Crippen LogP contribution in [-0.2, 0) is 13.2 Å². The van der Waals surface area contributed by atoms with Crippen molar-refractivity contribution in [3.05, 3.63) is 53.0 Å². The van der Waals surface area contributed by atoms with Crippen LogP contribution in [0.1, 0.15) is 17.1 Å². The highest BCUT2D eigenvalue weighted by Gasteiger charge is 2.09. The van der Waals surface area contributed by atoms with E-state index in [-0.39, 0.29) is 12.4 Å². The average Bonchev–Trinajstić information content (AvgIpc) is 2.72. The van der Waals surface area contributed by atoms with Crippen LogP contribution in [0.2, 0.25) is 0 Å². The van der Waals surface area contributed by atoms with Gasteiger partial charge < -0.3 is 14.5 Å². The molecule has 0 unspecified atom stereocenters. The van der Waals surface area contributed by atoms with Crippen LogP contribution >= 0.6 is 0 Å². The molecule has 5 heteroatoms. The number of halogens is 2. The molecule has 102 valence electrons. The second-order valence-corrected chi connectivity index (χ2v) is 4.19. The van der Waals surface area contributed by atoms with E-state index in [1.165, 1.54) is 0 Å². The van der Waals surface area contributed by atoms with E-state index < -0.39 is 11.6 Å². The number of nitrogens with one attached hydrogen (secondary N) is 1. The van der Waals surface area contributed by atoms with Crippen molar-refractivity contribution in [2.24, 2.45) is 0 Å². The number of hydrogen-bond acceptors (Lipinski definition) is 3. The maximum atomic E-state index is 13.3. The number of hydrogen-bond donors (Lipinski definition) is 1.